The first-order valence-corrected chi connectivity index (χ1v) is 10.8. The maximum absolute atomic E-state index is 11.9. The van der Waals surface area contributed by atoms with Gasteiger partial charge < -0.3 is 20.4 Å². The molecule has 2 fully saturated rings. The SMILES string of the molecule is CN=C(NCc1ccc(N2CCCC2=O)cc1)NCc1ccc(N2CCCC2)nc1.I. The Hall–Kier alpha value is -2.36. The molecule has 0 radical (unpaired) electrons. The predicted molar refractivity (Wildman–Crippen MR) is 136 cm³/mol. The summed E-state index contributed by atoms with van der Waals surface area (Å²) in [5.74, 6) is 2.03. The average molecular weight is 534 g/mol. The van der Waals surface area contributed by atoms with Gasteiger partial charge >= 0.3 is 0 Å². The number of carbonyl (C=O) groups is 1. The number of aromatic nitrogens is 1. The van der Waals surface area contributed by atoms with Crippen molar-refractivity contribution in [2.45, 2.75) is 38.8 Å². The minimum atomic E-state index is 0. The van der Waals surface area contributed by atoms with Gasteiger partial charge in [0.05, 0.1) is 0 Å². The van der Waals surface area contributed by atoms with Crippen LogP contribution in [-0.4, -0.2) is 43.5 Å². The van der Waals surface area contributed by atoms with E-state index in [1.54, 1.807) is 7.05 Å². The van der Waals surface area contributed by atoms with E-state index in [9.17, 15) is 4.79 Å². The number of nitrogens with one attached hydrogen (secondary N) is 2. The van der Waals surface area contributed by atoms with E-state index >= 15 is 0 Å². The molecule has 0 bridgehead atoms. The van der Waals surface area contributed by atoms with Crippen LogP contribution in [0.3, 0.4) is 0 Å². The molecule has 7 nitrogen and oxygen atoms in total. The number of pyridine rings is 1. The topological polar surface area (TPSA) is 72.9 Å². The van der Waals surface area contributed by atoms with Crippen molar-refractivity contribution in [2.24, 2.45) is 4.99 Å². The van der Waals surface area contributed by atoms with E-state index in [4.69, 9.17) is 0 Å². The Labute approximate surface area is 201 Å². The van der Waals surface area contributed by atoms with Gasteiger partial charge in [0.15, 0.2) is 5.96 Å². The van der Waals surface area contributed by atoms with Crippen molar-refractivity contribution >= 4 is 47.3 Å². The Morgan fingerprint density at radius 2 is 1.65 bits per heavy atom. The fourth-order valence-corrected chi connectivity index (χ4v) is 3.96. The highest BCUT2D eigenvalue weighted by Crippen LogP contribution is 2.21. The predicted octanol–water partition coefficient (Wildman–Crippen LogP) is 3.29. The molecule has 2 saturated heterocycles. The number of amides is 1. The van der Waals surface area contributed by atoms with Crippen LogP contribution in [0.15, 0.2) is 47.6 Å². The van der Waals surface area contributed by atoms with Gasteiger partial charge in [-0.1, -0.05) is 18.2 Å². The van der Waals surface area contributed by atoms with E-state index in [0.717, 1.165) is 54.6 Å². The number of benzene rings is 1. The van der Waals surface area contributed by atoms with Crippen molar-refractivity contribution in [1.82, 2.24) is 15.6 Å². The number of hydrogen-bond donors (Lipinski definition) is 2. The summed E-state index contributed by atoms with van der Waals surface area (Å²) in [5, 5.41) is 6.68. The number of nitrogens with zero attached hydrogens (tertiary/aromatic N) is 4. The molecule has 0 spiro atoms. The lowest BCUT2D eigenvalue weighted by atomic mass is 10.2. The zero-order valence-electron chi connectivity index (χ0n) is 18.0. The lowest BCUT2D eigenvalue weighted by molar-refractivity contribution is -0.117. The summed E-state index contributed by atoms with van der Waals surface area (Å²) < 4.78 is 0. The minimum absolute atomic E-state index is 0. The third-order valence-corrected chi connectivity index (χ3v) is 5.70. The van der Waals surface area contributed by atoms with Gasteiger partial charge in [-0.15, -0.1) is 24.0 Å². The van der Waals surface area contributed by atoms with Crippen molar-refractivity contribution in [1.29, 1.82) is 0 Å². The second-order valence-corrected chi connectivity index (χ2v) is 7.81. The highest BCUT2D eigenvalue weighted by molar-refractivity contribution is 14.0. The Balaban J connectivity index is 0.00000272. The molecule has 1 aromatic carbocycles. The van der Waals surface area contributed by atoms with Crippen molar-refractivity contribution < 1.29 is 4.79 Å². The molecule has 2 aliphatic rings. The van der Waals surface area contributed by atoms with E-state index in [1.165, 1.54) is 12.8 Å². The summed E-state index contributed by atoms with van der Waals surface area (Å²) in [6.07, 6.45) is 6.05. The van der Waals surface area contributed by atoms with Crippen LogP contribution in [0.4, 0.5) is 11.5 Å². The summed E-state index contributed by atoms with van der Waals surface area (Å²) in [4.78, 5) is 25.0. The molecule has 31 heavy (non-hydrogen) atoms. The van der Waals surface area contributed by atoms with E-state index in [-0.39, 0.29) is 29.9 Å². The molecule has 2 N–H and O–H groups in total. The average Bonchev–Trinajstić information content (AvgIpc) is 3.47. The minimum Gasteiger partial charge on any atom is -0.357 e. The smallest absolute Gasteiger partial charge is 0.227 e. The molecule has 3 heterocycles. The number of rotatable bonds is 6. The van der Waals surface area contributed by atoms with Crippen LogP contribution in [0.2, 0.25) is 0 Å². The molecule has 1 amide bonds. The molecule has 0 atom stereocenters. The number of guanidine groups is 1. The Bertz CT molecular complexity index is 878. The Kier molecular flexibility index (Phi) is 8.51. The van der Waals surface area contributed by atoms with Crippen LogP contribution < -0.4 is 20.4 Å². The number of carbonyl (C=O) groups excluding carboxylic acids is 1. The van der Waals surface area contributed by atoms with Crippen LogP contribution >= 0.6 is 24.0 Å². The zero-order chi connectivity index (χ0) is 20.8. The second kappa shape index (κ2) is 11.3. The summed E-state index contributed by atoms with van der Waals surface area (Å²) in [7, 11) is 1.77. The first-order chi connectivity index (χ1) is 14.7. The quantitative estimate of drug-likeness (QED) is 0.338. The molecule has 8 heteroatoms. The number of anilines is 2. The fraction of sp³-hybridized carbons (Fsp3) is 0.435. The summed E-state index contributed by atoms with van der Waals surface area (Å²) >= 11 is 0. The van der Waals surface area contributed by atoms with Gasteiger partial charge in [-0.05, 0) is 48.6 Å². The molecule has 4 rings (SSSR count). The molecule has 1 aromatic heterocycles. The van der Waals surface area contributed by atoms with Gasteiger partial charge in [0.2, 0.25) is 5.91 Å². The van der Waals surface area contributed by atoms with E-state index in [2.05, 4.69) is 49.8 Å². The van der Waals surface area contributed by atoms with Gasteiger partial charge in [0, 0.05) is 58.1 Å². The second-order valence-electron chi connectivity index (χ2n) is 7.81. The van der Waals surface area contributed by atoms with Gasteiger partial charge in [-0.3, -0.25) is 9.79 Å². The molecule has 0 aliphatic carbocycles. The summed E-state index contributed by atoms with van der Waals surface area (Å²) in [6, 6.07) is 12.4. The molecule has 2 aromatic rings. The summed E-state index contributed by atoms with van der Waals surface area (Å²) in [5.41, 5.74) is 3.25. The lowest BCUT2D eigenvalue weighted by Gasteiger charge is -2.17. The van der Waals surface area contributed by atoms with Gasteiger partial charge in [-0.25, -0.2) is 4.98 Å². The summed E-state index contributed by atoms with van der Waals surface area (Å²) in [6.45, 7) is 4.37. The molecule has 0 unspecified atom stereocenters. The van der Waals surface area contributed by atoms with Crippen LogP contribution in [0.25, 0.3) is 0 Å². The number of halogens is 1. The van der Waals surface area contributed by atoms with Crippen molar-refractivity contribution in [3.8, 4) is 0 Å². The third kappa shape index (κ3) is 6.09. The highest BCUT2D eigenvalue weighted by atomic mass is 127. The van der Waals surface area contributed by atoms with Crippen LogP contribution in [-0.2, 0) is 17.9 Å². The molecule has 2 aliphatic heterocycles. The Morgan fingerprint density at radius 1 is 0.968 bits per heavy atom. The zero-order valence-corrected chi connectivity index (χ0v) is 20.3. The van der Waals surface area contributed by atoms with E-state index in [1.807, 2.05) is 23.2 Å². The van der Waals surface area contributed by atoms with E-state index in [0.29, 0.717) is 19.5 Å². The maximum Gasteiger partial charge on any atom is 0.227 e. The largest absolute Gasteiger partial charge is 0.357 e. The molecule has 0 saturated carbocycles. The standard InChI is InChI=1S/C23H30N6O.HI/c1-24-23(27-17-19-8-11-21(25-16-19)28-12-2-3-13-28)26-15-18-6-9-20(10-7-18)29-14-4-5-22(29)30;/h6-11,16H,2-5,12-15,17H2,1H3,(H2,24,26,27);1H. The van der Waals surface area contributed by atoms with Crippen molar-refractivity contribution in [3.05, 3.63) is 53.7 Å². The van der Waals surface area contributed by atoms with Crippen molar-refractivity contribution in [2.75, 3.05) is 36.5 Å². The van der Waals surface area contributed by atoms with E-state index < -0.39 is 0 Å². The Morgan fingerprint density at radius 3 is 2.23 bits per heavy atom. The first kappa shape index (κ1) is 23.3. The monoisotopic (exact) mass is 534 g/mol. The normalized spacial score (nSPS) is 16.4. The van der Waals surface area contributed by atoms with Gasteiger partial charge in [0.25, 0.3) is 0 Å². The third-order valence-electron chi connectivity index (χ3n) is 5.70. The van der Waals surface area contributed by atoms with Crippen molar-refractivity contribution in [3.63, 3.8) is 0 Å². The maximum atomic E-state index is 11.9. The lowest BCUT2D eigenvalue weighted by Crippen LogP contribution is -2.36. The number of aliphatic imine (C=N–C) groups is 1. The molecular formula is C23H31IN6O. The highest BCUT2D eigenvalue weighted by Gasteiger charge is 2.21. The van der Waals surface area contributed by atoms with Crippen LogP contribution in [0.5, 0.6) is 0 Å². The fourth-order valence-electron chi connectivity index (χ4n) is 3.96. The first-order valence-electron chi connectivity index (χ1n) is 10.8. The molecule has 166 valence electrons. The molecular weight excluding hydrogens is 503 g/mol. The van der Waals surface area contributed by atoms with Crippen LogP contribution in [0, 0.1) is 0 Å². The van der Waals surface area contributed by atoms with Gasteiger partial charge in [-0.2, -0.15) is 0 Å². The van der Waals surface area contributed by atoms with Crippen LogP contribution in [0.1, 0.15) is 36.8 Å². The van der Waals surface area contributed by atoms with Gasteiger partial charge in [0.1, 0.15) is 5.82 Å². The number of hydrogen-bond acceptors (Lipinski definition) is 4.